The molecule has 7 nitrogen and oxygen atoms in total. The normalized spacial score (nSPS) is 10.8. The molecule has 2 heterocycles. The SMILES string of the molecule is Cc1cccc(-n2c(SCC(=O)Nc3nnc(C)s3)nnc2-c2ccccc2)c1. The number of thioether (sulfide) groups is 1. The molecule has 0 saturated carbocycles. The van der Waals surface area contributed by atoms with Crippen molar-refractivity contribution in [2.24, 2.45) is 0 Å². The van der Waals surface area contributed by atoms with Crippen LogP contribution < -0.4 is 5.32 Å². The molecule has 9 heteroatoms. The van der Waals surface area contributed by atoms with Crippen LogP contribution in [0, 0.1) is 13.8 Å². The van der Waals surface area contributed by atoms with Gasteiger partial charge in [-0.05, 0) is 31.5 Å². The largest absolute Gasteiger partial charge is 0.300 e. The number of rotatable bonds is 6. The van der Waals surface area contributed by atoms with Gasteiger partial charge in [-0.1, -0.05) is 65.6 Å². The predicted octanol–water partition coefficient (Wildman–Crippen LogP) is 4.13. The molecule has 0 aliphatic heterocycles. The lowest BCUT2D eigenvalue weighted by Crippen LogP contribution is -2.14. The van der Waals surface area contributed by atoms with E-state index in [9.17, 15) is 4.79 Å². The van der Waals surface area contributed by atoms with Crippen LogP contribution in [0.1, 0.15) is 10.6 Å². The summed E-state index contributed by atoms with van der Waals surface area (Å²) in [5.74, 6) is 0.766. The number of amides is 1. The molecule has 2 aromatic heterocycles. The first-order valence-corrected chi connectivity index (χ1v) is 10.7. The van der Waals surface area contributed by atoms with Gasteiger partial charge in [0.25, 0.3) is 0 Å². The van der Waals surface area contributed by atoms with Gasteiger partial charge >= 0.3 is 0 Å². The van der Waals surface area contributed by atoms with E-state index in [1.165, 1.54) is 23.1 Å². The zero-order valence-electron chi connectivity index (χ0n) is 15.9. The molecule has 0 bridgehead atoms. The molecule has 0 atom stereocenters. The Kier molecular flexibility index (Phi) is 5.68. The lowest BCUT2D eigenvalue weighted by Gasteiger charge is -2.11. The highest BCUT2D eigenvalue weighted by atomic mass is 32.2. The zero-order valence-corrected chi connectivity index (χ0v) is 17.5. The van der Waals surface area contributed by atoms with Crippen LogP contribution in [0.3, 0.4) is 0 Å². The summed E-state index contributed by atoms with van der Waals surface area (Å²) in [4.78, 5) is 12.3. The highest BCUT2D eigenvalue weighted by Crippen LogP contribution is 2.28. The molecule has 1 N–H and O–H groups in total. The second kappa shape index (κ2) is 8.54. The fraction of sp³-hybridized carbons (Fsp3) is 0.150. The summed E-state index contributed by atoms with van der Waals surface area (Å²) < 4.78 is 1.98. The monoisotopic (exact) mass is 422 g/mol. The molecule has 0 aliphatic carbocycles. The third-order valence-corrected chi connectivity index (χ3v) is 5.71. The van der Waals surface area contributed by atoms with Crippen LogP contribution in [-0.2, 0) is 4.79 Å². The molecule has 146 valence electrons. The van der Waals surface area contributed by atoms with Gasteiger partial charge in [-0.2, -0.15) is 0 Å². The number of hydrogen-bond acceptors (Lipinski definition) is 7. The Hall–Kier alpha value is -3.04. The van der Waals surface area contributed by atoms with Crippen molar-refractivity contribution in [2.45, 2.75) is 19.0 Å². The lowest BCUT2D eigenvalue weighted by molar-refractivity contribution is -0.113. The molecule has 0 fully saturated rings. The molecule has 0 aliphatic rings. The van der Waals surface area contributed by atoms with E-state index in [1.54, 1.807) is 0 Å². The number of aromatic nitrogens is 5. The fourth-order valence-corrected chi connectivity index (χ4v) is 4.13. The molecular weight excluding hydrogens is 404 g/mol. The van der Waals surface area contributed by atoms with E-state index in [0.29, 0.717) is 10.3 Å². The van der Waals surface area contributed by atoms with E-state index in [2.05, 4.69) is 31.8 Å². The topological polar surface area (TPSA) is 85.6 Å². The summed E-state index contributed by atoms with van der Waals surface area (Å²) >= 11 is 2.68. The van der Waals surface area contributed by atoms with E-state index in [1.807, 2.05) is 66.9 Å². The molecule has 0 radical (unpaired) electrons. The number of aryl methyl sites for hydroxylation is 2. The average molecular weight is 423 g/mol. The van der Waals surface area contributed by atoms with E-state index >= 15 is 0 Å². The minimum atomic E-state index is -0.161. The Labute approximate surface area is 176 Å². The van der Waals surface area contributed by atoms with E-state index in [0.717, 1.165) is 27.6 Å². The third kappa shape index (κ3) is 4.52. The number of carbonyl (C=O) groups is 1. The van der Waals surface area contributed by atoms with Gasteiger partial charge in [0.1, 0.15) is 5.01 Å². The number of nitrogens with zero attached hydrogens (tertiary/aromatic N) is 5. The van der Waals surface area contributed by atoms with Crippen molar-refractivity contribution < 1.29 is 4.79 Å². The van der Waals surface area contributed by atoms with Crippen molar-refractivity contribution in [1.82, 2.24) is 25.0 Å². The summed E-state index contributed by atoms with van der Waals surface area (Å²) in [7, 11) is 0. The van der Waals surface area contributed by atoms with Crippen molar-refractivity contribution in [3.8, 4) is 17.1 Å². The van der Waals surface area contributed by atoms with Crippen LogP contribution in [-0.4, -0.2) is 36.6 Å². The van der Waals surface area contributed by atoms with Crippen LogP contribution in [0.25, 0.3) is 17.1 Å². The van der Waals surface area contributed by atoms with Gasteiger partial charge in [0.2, 0.25) is 11.0 Å². The Morgan fingerprint density at radius 3 is 2.59 bits per heavy atom. The molecule has 2 aromatic carbocycles. The van der Waals surface area contributed by atoms with Crippen LogP contribution in [0.15, 0.2) is 59.8 Å². The molecule has 0 saturated heterocycles. The van der Waals surface area contributed by atoms with Crippen LogP contribution in [0.2, 0.25) is 0 Å². The third-order valence-electron chi connectivity index (χ3n) is 4.03. The Morgan fingerprint density at radius 2 is 1.86 bits per heavy atom. The maximum atomic E-state index is 12.3. The fourth-order valence-electron chi connectivity index (χ4n) is 2.77. The summed E-state index contributed by atoms with van der Waals surface area (Å²) in [6, 6.07) is 18.0. The highest BCUT2D eigenvalue weighted by molar-refractivity contribution is 7.99. The number of nitrogens with one attached hydrogen (secondary N) is 1. The van der Waals surface area contributed by atoms with Gasteiger partial charge in [0.05, 0.1) is 5.75 Å². The highest BCUT2D eigenvalue weighted by Gasteiger charge is 2.17. The molecule has 29 heavy (non-hydrogen) atoms. The van der Waals surface area contributed by atoms with E-state index in [-0.39, 0.29) is 11.7 Å². The number of carbonyl (C=O) groups excluding carboxylic acids is 1. The zero-order chi connectivity index (χ0) is 20.2. The first kappa shape index (κ1) is 19.3. The molecular formula is C20H18N6OS2. The second-order valence-electron chi connectivity index (χ2n) is 6.31. The molecule has 4 aromatic rings. The van der Waals surface area contributed by atoms with Crippen molar-refractivity contribution in [2.75, 3.05) is 11.1 Å². The van der Waals surface area contributed by atoms with Crippen LogP contribution in [0.4, 0.5) is 5.13 Å². The van der Waals surface area contributed by atoms with Gasteiger partial charge in [-0.3, -0.25) is 14.7 Å². The minimum absolute atomic E-state index is 0.161. The quantitative estimate of drug-likeness (QED) is 0.470. The van der Waals surface area contributed by atoms with Gasteiger partial charge in [0, 0.05) is 11.3 Å². The smallest absolute Gasteiger partial charge is 0.236 e. The van der Waals surface area contributed by atoms with Crippen LogP contribution >= 0.6 is 23.1 Å². The Balaban J connectivity index is 1.61. The molecule has 4 rings (SSSR count). The maximum absolute atomic E-state index is 12.3. The summed E-state index contributed by atoms with van der Waals surface area (Å²) in [6.45, 7) is 3.89. The Bertz CT molecular complexity index is 1140. The Morgan fingerprint density at radius 1 is 1.03 bits per heavy atom. The molecule has 0 unspecified atom stereocenters. The first-order valence-electron chi connectivity index (χ1n) is 8.91. The average Bonchev–Trinajstić information content (AvgIpc) is 3.33. The van der Waals surface area contributed by atoms with Gasteiger partial charge in [-0.25, -0.2) is 0 Å². The van der Waals surface area contributed by atoms with Crippen molar-refractivity contribution in [1.29, 1.82) is 0 Å². The second-order valence-corrected chi connectivity index (χ2v) is 8.43. The van der Waals surface area contributed by atoms with Crippen LogP contribution in [0.5, 0.6) is 0 Å². The number of anilines is 1. The summed E-state index contributed by atoms with van der Waals surface area (Å²) in [5.41, 5.74) is 3.05. The van der Waals surface area contributed by atoms with Crippen molar-refractivity contribution in [3.63, 3.8) is 0 Å². The standard InChI is InChI=1S/C20H18N6OS2/c1-13-7-6-10-16(11-13)26-18(15-8-4-3-5-9-15)23-25-20(26)28-12-17(27)21-19-24-22-14(2)29-19/h3-11H,12H2,1-2H3,(H,21,24,27). The van der Waals surface area contributed by atoms with Gasteiger partial charge in [-0.15, -0.1) is 20.4 Å². The van der Waals surface area contributed by atoms with E-state index < -0.39 is 0 Å². The maximum Gasteiger partial charge on any atom is 0.236 e. The molecule has 1 amide bonds. The lowest BCUT2D eigenvalue weighted by atomic mass is 10.2. The van der Waals surface area contributed by atoms with E-state index in [4.69, 9.17) is 0 Å². The molecule has 0 spiro atoms. The van der Waals surface area contributed by atoms with Crippen molar-refractivity contribution >= 4 is 34.1 Å². The predicted molar refractivity (Wildman–Crippen MR) is 116 cm³/mol. The minimum Gasteiger partial charge on any atom is -0.300 e. The first-order chi connectivity index (χ1) is 14.1. The summed E-state index contributed by atoms with van der Waals surface area (Å²) in [6.07, 6.45) is 0. The number of benzene rings is 2. The van der Waals surface area contributed by atoms with Gasteiger partial charge in [0.15, 0.2) is 11.0 Å². The van der Waals surface area contributed by atoms with Gasteiger partial charge < -0.3 is 0 Å². The van der Waals surface area contributed by atoms with Crippen molar-refractivity contribution in [3.05, 3.63) is 65.2 Å². The number of hydrogen-bond donors (Lipinski definition) is 1. The summed E-state index contributed by atoms with van der Waals surface area (Å²) in [5, 5.41) is 21.3.